The van der Waals surface area contributed by atoms with E-state index in [1.807, 2.05) is 25.1 Å². The second-order valence-corrected chi connectivity index (χ2v) is 6.96. The van der Waals surface area contributed by atoms with Crippen molar-refractivity contribution in [1.82, 2.24) is 4.90 Å². The molecule has 0 aliphatic rings. The first-order chi connectivity index (χ1) is 13.3. The average molecular weight is 387 g/mol. The fourth-order valence-electron chi connectivity index (χ4n) is 2.79. The highest BCUT2D eigenvalue weighted by Crippen LogP contribution is 2.23. The number of halogens is 1. The van der Waals surface area contributed by atoms with E-state index in [0.29, 0.717) is 17.2 Å². The van der Waals surface area contributed by atoms with Crippen molar-refractivity contribution in [1.29, 1.82) is 0 Å². The largest absolute Gasteiger partial charge is 0.482 e. The average Bonchev–Trinajstić information content (AvgIpc) is 2.65. The van der Waals surface area contributed by atoms with Crippen molar-refractivity contribution in [2.75, 3.05) is 20.3 Å². The molecule has 0 saturated carbocycles. The molecule has 0 heterocycles. The summed E-state index contributed by atoms with van der Waals surface area (Å²) in [5.41, 5.74) is 2.71. The molecule has 28 heavy (non-hydrogen) atoms. The molecule has 0 radical (unpaired) electrons. The van der Waals surface area contributed by atoms with E-state index >= 15 is 0 Å². The molecule has 0 bridgehead atoms. The summed E-state index contributed by atoms with van der Waals surface area (Å²) in [6.45, 7) is 5.61. The number of carbonyl (C=O) groups is 2. The van der Waals surface area contributed by atoms with Gasteiger partial charge in [-0.05, 0) is 42.2 Å². The molecule has 0 N–H and O–H groups in total. The van der Waals surface area contributed by atoms with Crippen molar-refractivity contribution < 1.29 is 23.5 Å². The molecule has 0 fully saturated rings. The summed E-state index contributed by atoms with van der Waals surface area (Å²) in [4.78, 5) is 25.2. The van der Waals surface area contributed by atoms with Crippen LogP contribution >= 0.6 is 0 Å². The molecular formula is C22H26FNO4. The highest BCUT2D eigenvalue weighted by molar-refractivity contribution is 5.80. The normalized spacial score (nSPS) is 10.6. The van der Waals surface area contributed by atoms with E-state index in [9.17, 15) is 14.0 Å². The maximum Gasteiger partial charge on any atom is 0.344 e. The summed E-state index contributed by atoms with van der Waals surface area (Å²) >= 11 is 0. The highest BCUT2D eigenvalue weighted by atomic mass is 19.1. The van der Waals surface area contributed by atoms with Crippen LogP contribution in [0.3, 0.4) is 0 Å². The molecule has 0 aromatic heterocycles. The molecule has 0 spiro atoms. The summed E-state index contributed by atoms with van der Waals surface area (Å²) < 4.78 is 24.0. The Morgan fingerprint density at radius 3 is 2.46 bits per heavy atom. The Bertz CT molecular complexity index is 835. The van der Waals surface area contributed by atoms with E-state index in [1.165, 1.54) is 23.6 Å². The van der Waals surface area contributed by atoms with Crippen LogP contribution in [0.5, 0.6) is 5.75 Å². The quantitative estimate of drug-likeness (QED) is 0.646. The smallest absolute Gasteiger partial charge is 0.344 e. The lowest BCUT2D eigenvalue weighted by Gasteiger charge is -2.17. The van der Waals surface area contributed by atoms with Crippen molar-refractivity contribution in [2.45, 2.75) is 33.2 Å². The van der Waals surface area contributed by atoms with E-state index in [-0.39, 0.29) is 19.0 Å². The third kappa shape index (κ3) is 6.08. The van der Waals surface area contributed by atoms with E-state index in [2.05, 4.69) is 13.8 Å². The number of carbonyl (C=O) groups excluding carboxylic acids is 2. The van der Waals surface area contributed by atoms with Gasteiger partial charge in [0.25, 0.3) is 5.91 Å². The molecule has 2 rings (SSSR count). The van der Waals surface area contributed by atoms with Crippen molar-refractivity contribution in [3.63, 3.8) is 0 Å². The second kappa shape index (κ2) is 9.88. The van der Waals surface area contributed by atoms with Crippen LogP contribution in [0.2, 0.25) is 0 Å². The maximum atomic E-state index is 13.6. The van der Waals surface area contributed by atoms with Crippen molar-refractivity contribution in [3.05, 3.63) is 65.0 Å². The van der Waals surface area contributed by atoms with Gasteiger partial charge in [-0.1, -0.05) is 38.1 Å². The van der Waals surface area contributed by atoms with Crippen LogP contribution in [0, 0.1) is 12.7 Å². The lowest BCUT2D eigenvalue weighted by atomic mass is 9.98. The minimum absolute atomic E-state index is 0.0982. The Morgan fingerprint density at radius 2 is 1.82 bits per heavy atom. The van der Waals surface area contributed by atoms with Gasteiger partial charge >= 0.3 is 5.97 Å². The molecule has 0 atom stereocenters. The number of nitrogens with zero attached hydrogens (tertiary/aromatic N) is 1. The van der Waals surface area contributed by atoms with Crippen LogP contribution in [-0.2, 0) is 20.9 Å². The lowest BCUT2D eigenvalue weighted by molar-refractivity contribution is -0.153. The number of benzene rings is 2. The summed E-state index contributed by atoms with van der Waals surface area (Å²) in [5.74, 6) is -0.466. The van der Waals surface area contributed by atoms with Gasteiger partial charge in [0.15, 0.2) is 13.2 Å². The number of ether oxygens (including phenoxy) is 2. The van der Waals surface area contributed by atoms with Crippen molar-refractivity contribution in [3.8, 4) is 5.75 Å². The summed E-state index contributed by atoms with van der Waals surface area (Å²) in [6.07, 6.45) is 0. The van der Waals surface area contributed by atoms with E-state index < -0.39 is 18.5 Å². The minimum atomic E-state index is -0.641. The van der Waals surface area contributed by atoms with Gasteiger partial charge in [-0.25, -0.2) is 9.18 Å². The van der Waals surface area contributed by atoms with Crippen LogP contribution in [0.4, 0.5) is 4.39 Å². The molecule has 1 amide bonds. The number of amides is 1. The summed E-state index contributed by atoms with van der Waals surface area (Å²) in [7, 11) is 1.53. The van der Waals surface area contributed by atoms with Crippen molar-refractivity contribution >= 4 is 11.9 Å². The van der Waals surface area contributed by atoms with Crippen LogP contribution in [0.1, 0.15) is 36.5 Å². The Hall–Kier alpha value is -2.89. The first-order valence-corrected chi connectivity index (χ1v) is 9.14. The monoisotopic (exact) mass is 387 g/mol. The van der Waals surface area contributed by atoms with Gasteiger partial charge in [-0.15, -0.1) is 0 Å². The second-order valence-electron chi connectivity index (χ2n) is 6.96. The fraction of sp³-hybridized carbons (Fsp3) is 0.364. The van der Waals surface area contributed by atoms with E-state index in [1.54, 1.807) is 18.2 Å². The van der Waals surface area contributed by atoms with Gasteiger partial charge in [0, 0.05) is 19.2 Å². The number of esters is 1. The molecule has 5 nitrogen and oxygen atoms in total. The maximum absolute atomic E-state index is 13.6. The Morgan fingerprint density at radius 1 is 1.11 bits per heavy atom. The van der Waals surface area contributed by atoms with Crippen LogP contribution in [0.15, 0.2) is 42.5 Å². The molecular weight excluding hydrogens is 361 g/mol. The molecule has 150 valence electrons. The minimum Gasteiger partial charge on any atom is -0.482 e. The SMILES string of the molecule is Cc1cc(OCC(=O)OCC(=O)N(C)Cc2ccccc2F)ccc1C(C)C. The van der Waals surface area contributed by atoms with Gasteiger partial charge < -0.3 is 14.4 Å². The summed E-state index contributed by atoms with van der Waals surface area (Å²) in [6, 6.07) is 11.9. The zero-order valence-corrected chi connectivity index (χ0v) is 16.7. The van der Waals surface area contributed by atoms with Crippen LogP contribution in [0.25, 0.3) is 0 Å². The zero-order chi connectivity index (χ0) is 20.7. The first kappa shape index (κ1) is 21.4. The zero-order valence-electron chi connectivity index (χ0n) is 16.7. The fourth-order valence-corrected chi connectivity index (χ4v) is 2.79. The molecule has 2 aromatic carbocycles. The predicted molar refractivity (Wildman–Crippen MR) is 105 cm³/mol. The van der Waals surface area contributed by atoms with Gasteiger partial charge in [0.2, 0.25) is 0 Å². The van der Waals surface area contributed by atoms with Gasteiger partial charge in [-0.2, -0.15) is 0 Å². The van der Waals surface area contributed by atoms with Crippen molar-refractivity contribution in [2.24, 2.45) is 0 Å². The molecule has 0 aliphatic carbocycles. The number of hydrogen-bond donors (Lipinski definition) is 0. The third-order valence-corrected chi connectivity index (χ3v) is 4.37. The van der Waals surface area contributed by atoms with E-state index in [4.69, 9.17) is 9.47 Å². The van der Waals surface area contributed by atoms with Gasteiger partial charge in [0.05, 0.1) is 0 Å². The number of likely N-dealkylation sites (N-methyl/N-ethyl adjacent to an activating group) is 1. The van der Waals surface area contributed by atoms with Gasteiger partial charge in [-0.3, -0.25) is 4.79 Å². The highest BCUT2D eigenvalue weighted by Gasteiger charge is 2.14. The molecule has 6 heteroatoms. The van der Waals surface area contributed by atoms with Crippen LogP contribution < -0.4 is 4.74 Å². The molecule has 2 aromatic rings. The Labute approximate surface area is 165 Å². The van der Waals surface area contributed by atoms with E-state index in [0.717, 1.165) is 5.56 Å². The topological polar surface area (TPSA) is 55.8 Å². The Kier molecular flexibility index (Phi) is 7.55. The number of rotatable bonds is 8. The summed E-state index contributed by atoms with van der Waals surface area (Å²) in [5, 5.41) is 0. The number of aryl methyl sites for hydroxylation is 1. The van der Waals surface area contributed by atoms with Gasteiger partial charge in [0.1, 0.15) is 11.6 Å². The Balaban J connectivity index is 1.78. The number of hydrogen-bond acceptors (Lipinski definition) is 4. The first-order valence-electron chi connectivity index (χ1n) is 9.14. The predicted octanol–water partition coefficient (Wildman–Crippen LogP) is 3.84. The standard InChI is InChI=1S/C22H26FNO4/c1-15(2)19-10-9-18(11-16(19)3)27-14-22(26)28-13-21(25)24(4)12-17-7-5-6-8-20(17)23/h5-11,15H,12-14H2,1-4H3. The molecule has 0 saturated heterocycles. The third-order valence-electron chi connectivity index (χ3n) is 4.37. The molecule has 0 aliphatic heterocycles. The van der Waals surface area contributed by atoms with Crippen LogP contribution in [-0.4, -0.2) is 37.0 Å². The lowest BCUT2D eigenvalue weighted by Crippen LogP contribution is -2.31. The molecule has 0 unspecified atom stereocenters.